The van der Waals surface area contributed by atoms with Gasteiger partial charge in [-0.25, -0.2) is 0 Å². The van der Waals surface area contributed by atoms with Gasteiger partial charge in [-0.15, -0.1) is 0 Å². The summed E-state index contributed by atoms with van der Waals surface area (Å²) in [4.78, 5) is 0. The van der Waals surface area contributed by atoms with Crippen molar-refractivity contribution in [2.24, 2.45) is 0 Å². The van der Waals surface area contributed by atoms with E-state index in [1.54, 1.807) is 0 Å². The molecular formula is C28H52O8P2. The zero-order chi connectivity index (χ0) is 28.3. The van der Waals surface area contributed by atoms with Crippen LogP contribution in [0.3, 0.4) is 0 Å². The average Bonchev–Trinajstić information content (AvgIpc) is 2.93. The smallest absolute Gasteiger partial charge is 0.334 e. The second-order valence-corrected chi connectivity index (χ2v) is 14.1. The van der Waals surface area contributed by atoms with Crippen LogP contribution in [-0.2, 0) is 39.5 Å². The molecule has 222 valence electrons. The fourth-order valence-electron chi connectivity index (χ4n) is 4.11. The van der Waals surface area contributed by atoms with Gasteiger partial charge in [0.25, 0.3) is 0 Å². The lowest BCUT2D eigenvalue weighted by atomic mass is 10.1. The van der Waals surface area contributed by atoms with Crippen molar-refractivity contribution in [2.45, 2.75) is 103 Å². The Kier molecular flexibility index (Phi) is 18.6. The first-order valence-corrected chi connectivity index (χ1v) is 17.6. The number of unbranched alkanes of at least 4 members (excludes halogenated alkanes) is 10. The van der Waals surface area contributed by atoms with Crippen LogP contribution < -0.4 is 9.47 Å². The van der Waals surface area contributed by atoms with E-state index >= 15 is 0 Å². The number of rotatable bonds is 24. The first-order valence-electron chi connectivity index (χ1n) is 14.1. The Balaban J connectivity index is 3.17. The summed E-state index contributed by atoms with van der Waals surface area (Å²) in [6.45, 7) is 5.45. The van der Waals surface area contributed by atoms with E-state index < -0.39 is 15.2 Å². The summed E-state index contributed by atoms with van der Waals surface area (Å²) in [5.41, 5.74) is 1.32. The Labute approximate surface area is 231 Å². The molecule has 1 rings (SSSR count). The monoisotopic (exact) mass is 578 g/mol. The summed E-state index contributed by atoms with van der Waals surface area (Å²) in [5.74, 6) is 1.10. The molecule has 0 saturated heterocycles. The molecule has 38 heavy (non-hydrogen) atoms. The Bertz CT molecular complexity index is 776. The summed E-state index contributed by atoms with van der Waals surface area (Å²) in [6.07, 6.45) is 13.8. The van der Waals surface area contributed by atoms with Gasteiger partial charge in [-0.3, -0.25) is 9.13 Å². The molecule has 1 aromatic carbocycles. The molecular weight excluding hydrogens is 526 g/mol. The van der Waals surface area contributed by atoms with E-state index in [2.05, 4.69) is 13.8 Å². The topological polar surface area (TPSA) is 89.5 Å². The molecule has 0 spiro atoms. The van der Waals surface area contributed by atoms with Crippen LogP contribution in [0.1, 0.15) is 102 Å². The molecule has 0 saturated carbocycles. The number of hydrogen-bond donors (Lipinski definition) is 0. The Morgan fingerprint density at radius 2 is 0.842 bits per heavy atom. The molecule has 0 amide bonds. The van der Waals surface area contributed by atoms with E-state index in [0.717, 1.165) is 25.7 Å². The number of ether oxygens (including phenoxy) is 2. The average molecular weight is 579 g/mol. The third-order valence-corrected chi connectivity index (χ3v) is 10.3. The minimum absolute atomic E-state index is 0.0334. The van der Waals surface area contributed by atoms with E-state index in [9.17, 15) is 9.13 Å². The van der Waals surface area contributed by atoms with Crippen molar-refractivity contribution in [2.75, 3.05) is 41.7 Å². The highest BCUT2D eigenvalue weighted by Gasteiger charge is 2.28. The van der Waals surface area contributed by atoms with Gasteiger partial charge in [0.2, 0.25) is 0 Å². The molecule has 0 N–H and O–H groups in total. The van der Waals surface area contributed by atoms with Crippen molar-refractivity contribution >= 4 is 15.2 Å². The van der Waals surface area contributed by atoms with E-state index in [-0.39, 0.29) is 12.3 Å². The molecule has 0 bridgehead atoms. The highest BCUT2D eigenvalue weighted by atomic mass is 31.2. The SMILES string of the molecule is CCCCCCCCOc1cc(CP(=O)(OC)OC)c(OCCCCCCCC)cc1CP(=O)(OC)OC. The van der Waals surface area contributed by atoms with Crippen LogP contribution in [0.25, 0.3) is 0 Å². The molecule has 0 aliphatic rings. The third-order valence-electron chi connectivity index (χ3n) is 6.60. The van der Waals surface area contributed by atoms with Crippen LogP contribution in [0.5, 0.6) is 11.5 Å². The molecule has 0 heterocycles. The summed E-state index contributed by atoms with van der Waals surface area (Å²) >= 11 is 0. The number of benzene rings is 1. The molecule has 0 radical (unpaired) electrons. The summed E-state index contributed by atoms with van der Waals surface area (Å²) in [7, 11) is -1.23. The zero-order valence-electron chi connectivity index (χ0n) is 24.6. The summed E-state index contributed by atoms with van der Waals surface area (Å²) in [6, 6.07) is 3.62. The third kappa shape index (κ3) is 13.5. The van der Waals surface area contributed by atoms with Gasteiger partial charge in [0.05, 0.1) is 25.5 Å². The Hall–Kier alpha value is -0.880. The maximum Gasteiger partial charge on any atom is 0.334 e. The fraction of sp³-hybridized carbons (Fsp3) is 0.786. The van der Waals surface area contributed by atoms with Gasteiger partial charge in [-0.1, -0.05) is 78.1 Å². The molecule has 0 unspecified atom stereocenters. The van der Waals surface area contributed by atoms with Gasteiger partial charge in [-0.2, -0.15) is 0 Å². The van der Waals surface area contributed by atoms with E-state index in [1.807, 2.05) is 12.1 Å². The quantitative estimate of drug-likeness (QED) is 0.0886. The van der Waals surface area contributed by atoms with Crippen molar-refractivity contribution in [1.82, 2.24) is 0 Å². The van der Waals surface area contributed by atoms with Gasteiger partial charge in [0, 0.05) is 39.6 Å². The van der Waals surface area contributed by atoms with Crippen LogP contribution in [0, 0.1) is 0 Å². The molecule has 8 nitrogen and oxygen atoms in total. The zero-order valence-corrected chi connectivity index (χ0v) is 26.4. The molecule has 0 aliphatic heterocycles. The normalized spacial score (nSPS) is 12.2. The predicted octanol–water partition coefficient (Wildman–Crippen LogP) is 9.14. The molecule has 0 aliphatic carbocycles. The second kappa shape index (κ2) is 20.1. The minimum atomic E-state index is -3.36. The van der Waals surface area contributed by atoms with Crippen LogP contribution in [-0.4, -0.2) is 41.7 Å². The first-order chi connectivity index (χ1) is 18.3. The summed E-state index contributed by atoms with van der Waals surface area (Å²) in [5, 5.41) is 0. The van der Waals surface area contributed by atoms with Gasteiger partial charge in [0.15, 0.2) is 0 Å². The number of hydrogen-bond acceptors (Lipinski definition) is 8. The fourth-order valence-corrected chi connectivity index (χ4v) is 6.26. The van der Waals surface area contributed by atoms with Crippen molar-refractivity contribution in [3.05, 3.63) is 23.3 Å². The Morgan fingerprint density at radius 3 is 1.16 bits per heavy atom. The van der Waals surface area contributed by atoms with Crippen LogP contribution >= 0.6 is 15.2 Å². The van der Waals surface area contributed by atoms with E-state index in [0.29, 0.717) is 35.8 Å². The van der Waals surface area contributed by atoms with Gasteiger partial charge >= 0.3 is 15.2 Å². The van der Waals surface area contributed by atoms with Crippen LogP contribution in [0.4, 0.5) is 0 Å². The molecule has 0 atom stereocenters. The van der Waals surface area contributed by atoms with E-state index in [1.165, 1.54) is 79.8 Å². The van der Waals surface area contributed by atoms with Gasteiger partial charge in [0.1, 0.15) is 11.5 Å². The summed E-state index contributed by atoms with van der Waals surface area (Å²) < 4.78 is 59.2. The van der Waals surface area contributed by atoms with Crippen molar-refractivity contribution in [3.63, 3.8) is 0 Å². The van der Waals surface area contributed by atoms with E-state index in [4.69, 9.17) is 27.6 Å². The maximum absolute atomic E-state index is 13.0. The molecule has 0 fully saturated rings. The second-order valence-electron chi connectivity index (χ2n) is 9.57. The molecule has 1 aromatic rings. The largest absolute Gasteiger partial charge is 0.493 e. The predicted molar refractivity (Wildman–Crippen MR) is 155 cm³/mol. The lowest BCUT2D eigenvalue weighted by molar-refractivity contribution is 0.268. The highest BCUT2D eigenvalue weighted by molar-refractivity contribution is 7.53. The van der Waals surface area contributed by atoms with Crippen LogP contribution in [0.2, 0.25) is 0 Å². The first kappa shape index (κ1) is 35.1. The lowest BCUT2D eigenvalue weighted by Gasteiger charge is -2.21. The van der Waals surface area contributed by atoms with Gasteiger partial charge < -0.3 is 27.6 Å². The highest BCUT2D eigenvalue weighted by Crippen LogP contribution is 2.54. The van der Waals surface area contributed by atoms with Crippen molar-refractivity contribution in [3.8, 4) is 11.5 Å². The van der Waals surface area contributed by atoms with Gasteiger partial charge in [-0.05, 0) is 25.0 Å². The van der Waals surface area contributed by atoms with Crippen molar-refractivity contribution < 1.29 is 36.7 Å². The Morgan fingerprint density at radius 1 is 0.526 bits per heavy atom. The minimum Gasteiger partial charge on any atom is -0.493 e. The van der Waals surface area contributed by atoms with Crippen LogP contribution in [0.15, 0.2) is 12.1 Å². The standard InChI is InChI=1S/C28H52O8P2/c1-7-9-11-13-15-17-19-35-27-21-26(24-38(30,33-5)34-6)28(36-20-18-16-14-12-10-8-2)22-25(27)23-37(29,31-3)32-4/h21-22H,7-20,23-24H2,1-6H3. The molecule has 10 heteroatoms. The maximum atomic E-state index is 13.0. The molecule has 0 aromatic heterocycles. The lowest BCUT2D eigenvalue weighted by Crippen LogP contribution is -2.07. The van der Waals surface area contributed by atoms with Crippen molar-refractivity contribution in [1.29, 1.82) is 0 Å².